The average Bonchev–Trinajstić information content (AvgIpc) is 2.83. The van der Waals surface area contributed by atoms with Gasteiger partial charge < -0.3 is 20.3 Å². The van der Waals surface area contributed by atoms with Crippen LogP contribution in [0, 0.1) is 29.4 Å². The first-order valence-electron chi connectivity index (χ1n) is 13.3. The van der Waals surface area contributed by atoms with E-state index in [4.69, 9.17) is 9.84 Å². The molecule has 2 aromatic rings. The highest BCUT2D eigenvalue weighted by Crippen LogP contribution is 2.36. The number of ether oxygens (including phenoxy) is 1. The van der Waals surface area contributed by atoms with Gasteiger partial charge in [0.15, 0.2) is 11.6 Å². The zero-order chi connectivity index (χ0) is 27.3. The first-order valence-corrected chi connectivity index (χ1v) is 13.3. The van der Waals surface area contributed by atoms with Crippen molar-refractivity contribution >= 4 is 18.4 Å². The maximum Gasteiger partial charge on any atom is 0.303 e. The number of benzene rings is 2. The molecule has 0 heterocycles. The molecule has 1 fully saturated rings. The second-order valence-electron chi connectivity index (χ2n) is 11.4. The number of rotatable bonds is 11. The summed E-state index contributed by atoms with van der Waals surface area (Å²) < 4.78 is 34.9. The fourth-order valence-corrected chi connectivity index (χ4v) is 5.25. The summed E-state index contributed by atoms with van der Waals surface area (Å²) >= 11 is 0. The van der Waals surface area contributed by atoms with Gasteiger partial charge in [-0.15, -0.1) is 12.4 Å². The normalized spacial score (nSPS) is 20.6. The minimum Gasteiger partial charge on any atom is -0.490 e. The lowest BCUT2D eigenvalue weighted by Gasteiger charge is -2.37. The summed E-state index contributed by atoms with van der Waals surface area (Å²) in [5, 5.41) is 22.8. The Balaban J connectivity index is 0.00000507. The molecule has 0 spiro atoms. The zero-order valence-electron chi connectivity index (χ0n) is 23.0. The molecule has 1 saturated carbocycles. The molecule has 0 saturated heterocycles. The van der Waals surface area contributed by atoms with Gasteiger partial charge in [-0.25, -0.2) is 8.78 Å². The second kappa shape index (κ2) is 13.7. The largest absolute Gasteiger partial charge is 0.490 e. The number of aliphatic carboxylic acids is 1. The Labute approximate surface area is 231 Å². The van der Waals surface area contributed by atoms with Crippen molar-refractivity contribution in [2.75, 3.05) is 6.54 Å². The van der Waals surface area contributed by atoms with Crippen LogP contribution in [0.25, 0.3) is 0 Å². The third kappa shape index (κ3) is 8.39. The van der Waals surface area contributed by atoms with E-state index in [9.17, 15) is 18.7 Å². The number of aliphatic hydroxyl groups excluding tert-OH is 1. The van der Waals surface area contributed by atoms with Gasteiger partial charge in [-0.3, -0.25) is 4.79 Å². The van der Waals surface area contributed by atoms with Gasteiger partial charge in [0.1, 0.15) is 11.9 Å². The van der Waals surface area contributed by atoms with Crippen LogP contribution in [0.3, 0.4) is 0 Å². The molecule has 2 aromatic carbocycles. The fraction of sp³-hybridized carbons (Fsp3) is 0.567. The van der Waals surface area contributed by atoms with Gasteiger partial charge in [0.05, 0.1) is 6.10 Å². The number of hydrogen-bond acceptors (Lipinski definition) is 4. The topological polar surface area (TPSA) is 78.8 Å². The molecule has 212 valence electrons. The summed E-state index contributed by atoms with van der Waals surface area (Å²) in [6, 6.07) is 10.2. The second-order valence-corrected chi connectivity index (χ2v) is 11.4. The number of aliphatic hydroxyl groups is 1. The van der Waals surface area contributed by atoms with Crippen molar-refractivity contribution in [3.05, 3.63) is 64.7 Å². The first-order chi connectivity index (χ1) is 17.4. The van der Waals surface area contributed by atoms with Gasteiger partial charge in [-0.2, -0.15) is 0 Å². The van der Waals surface area contributed by atoms with E-state index in [1.807, 2.05) is 38.1 Å². The van der Waals surface area contributed by atoms with Crippen LogP contribution in [-0.2, 0) is 16.8 Å². The SMILES string of the molecule is CC1CCC(C(C)C)C(Oc2ccc(C(C)(C)NC[C@@H](O)c3cc(CCC(=O)O)cc(F)c3F)cc2)C1.Cl. The van der Waals surface area contributed by atoms with E-state index >= 15 is 0 Å². The molecular formula is C30H42ClF2NO4. The zero-order valence-corrected chi connectivity index (χ0v) is 23.8. The van der Waals surface area contributed by atoms with E-state index in [1.54, 1.807) is 0 Å². The number of carboxylic acids is 1. The Morgan fingerprint density at radius 3 is 2.42 bits per heavy atom. The molecule has 4 atom stereocenters. The molecule has 0 aliphatic heterocycles. The first kappa shape index (κ1) is 32.0. The van der Waals surface area contributed by atoms with E-state index in [1.165, 1.54) is 18.9 Å². The van der Waals surface area contributed by atoms with Gasteiger partial charge in [0.25, 0.3) is 0 Å². The van der Waals surface area contributed by atoms with Gasteiger partial charge in [0.2, 0.25) is 0 Å². The Bertz CT molecular complexity index is 1060. The molecule has 1 aliphatic rings. The van der Waals surface area contributed by atoms with E-state index < -0.39 is 29.2 Å². The highest BCUT2D eigenvalue weighted by atomic mass is 35.5. The van der Waals surface area contributed by atoms with Crippen LogP contribution < -0.4 is 10.1 Å². The van der Waals surface area contributed by atoms with Crippen LogP contribution in [-0.4, -0.2) is 28.8 Å². The van der Waals surface area contributed by atoms with Crippen LogP contribution in [0.1, 0.15) is 83.1 Å². The minimum absolute atomic E-state index is 0. The highest BCUT2D eigenvalue weighted by molar-refractivity contribution is 5.85. The Morgan fingerprint density at radius 1 is 1.16 bits per heavy atom. The Hall–Kier alpha value is -2.22. The third-order valence-corrected chi connectivity index (χ3v) is 7.66. The monoisotopic (exact) mass is 553 g/mol. The van der Waals surface area contributed by atoms with E-state index in [2.05, 4.69) is 26.1 Å². The summed E-state index contributed by atoms with van der Waals surface area (Å²) in [4.78, 5) is 10.8. The minimum atomic E-state index is -1.30. The number of carbonyl (C=O) groups is 1. The maximum atomic E-state index is 14.4. The summed E-state index contributed by atoms with van der Waals surface area (Å²) in [5.41, 5.74) is 0.549. The van der Waals surface area contributed by atoms with Gasteiger partial charge in [0, 0.05) is 24.1 Å². The molecule has 3 N–H and O–H groups in total. The van der Waals surface area contributed by atoms with E-state index in [0.717, 1.165) is 23.8 Å². The Morgan fingerprint density at radius 2 is 1.82 bits per heavy atom. The third-order valence-electron chi connectivity index (χ3n) is 7.66. The molecular weight excluding hydrogens is 512 g/mol. The molecule has 0 aromatic heterocycles. The van der Waals surface area contributed by atoms with Crippen LogP contribution in [0.4, 0.5) is 8.78 Å². The predicted octanol–water partition coefficient (Wildman–Crippen LogP) is 6.80. The molecule has 8 heteroatoms. The lowest BCUT2D eigenvalue weighted by molar-refractivity contribution is -0.136. The number of hydrogen-bond donors (Lipinski definition) is 3. The van der Waals surface area contributed by atoms with Gasteiger partial charge >= 0.3 is 5.97 Å². The molecule has 3 rings (SSSR count). The fourth-order valence-electron chi connectivity index (χ4n) is 5.25. The predicted molar refractivity (Wildman–Crippen MR) is 148 cm³/mol. The van der Waals surface area contributed by atoms with Crippen molar-refractivity contribution in [2.45, 2.75) is 84.5 Å². The molecule has 0 radical (unpaired) electrons. The van der Waals surface area contributed by atoms with Crippen molar-refractivity contribution in [2.24, 2.45) is 17.8 Å². The average molecular weight is 554 g/mol. The number of aryl methyl sites for hydroxylation is 1. The number of carboxylic acid groups (broad SMARTS) is 1. The van der Waals surface area contributed by atoms with Gasteiger partial charge in [-0.05, 0) is 86.3 Å². The van der Waals surface area contributed by atoms with Gasteiger partial charge in [-0.1, -0.05) is 39.3 Å². The van der Waals surface area contributed by atoms with Crippen LogP contribution >= 0.6 is 12.4 Å². The van der Waals surface area contributed by atoms with Crippen molar-refractivity contribution < 1.29 is 28.5 Å². The number of halogens is 3. The number of nitrogens with one attached hydrogen (secondary N) is 1. The molecule has 5 nitrogen and oxygen atoms in total. The Kier molecular flexibility index (Phi) is 11.6. The lowest BCUT2D eigenvalue weighted by Crippen LogP contribution is -2.39. The molecule has 3 unspecified atom stereocenters. The van der Waals surface area contributed by atoms with E-state index in [-0.39, 0.29) is 43.5 Å². The summed E-state index contributed by atoms with van der Waals surface area (Å²) in [6.45, 7) is 10.7. The molecule has 0 amide bonds. The van der Waals surface area contributed by atoms with Crippen molar-refractivity contribution in [1.82, 2.24) is 5.32 Å². The maximum absolute atomic E-state index is 14.4. The molecule has 1 aliphatic carbocycles. The quantitative estimate of drug-likeness (QED) is 0.285. The van der Waals surface area contributed by atoms with Crippen molar-refractivity contribution in [3.63, 3.8) is 0 Å². The summed E-state index contributed by atoms with van der Waals surface area (Å²) in [7, 11) is 0. The standard InChI is InChI=1S/C30H41F2NO4.ClH/c1-18(2)23-12-6-19(3)14-27(23)37-22-10-8-21(9-11-22)30(4,5)33-17-26(34)24-15-20(7-13-28(35)36)16-25(31)29(24)32;/h8-11,15-16,18-19,23,26-27,33-34H,6-7,12-14,17H2,1-5H3,(H,35,36);1H/t19?,23?,26-,27?;/m1./s1. The van der Waals surface area contributed by atoms with Crippen LogP contribution in [0.15, 0.2) is 36.4 Å². The van der Waals surface area contributed by atoms with Crippen molar-refractivity contribution in [1.29, 1.82) is 0 Å². The highest BCUT2D eigenvalue weighted by Gasteiger charge is 2.32. The summed E-state index contributed by atoms with van der Waals surface area (Å²) in [6.07, 6.45) is 2.25. The lowest BCUT2D eigenvalue weighted by atomic mass is 9.75. The van der Waals surface area contributed by atoms with E-state index in [0.29, 0.717) is 23.3 Å². The molecule has 38 heavy (non-hydrogen) atoms. The van der Waals surface area contributed by atoms with Crippen LogP contribution in [0.2, 0.25) is 0 Å². The van der Waals surface area contributed by atoms with Crippen LogP contribution in [0.5, 0.6) is 5.75 Å². The smallest absolute Gasteiger partial charge is 0.303 e. The van der Waals surface area contributed by atoms with Crippen molar-refractivity contribution in [3.8, 4) is 5.75 Å². The molecule has 0 bridgehead atoms. The summed E-state index contributed by atoms with van der Waals surface area (Å²) in [5.74, 6) is -0.640.